The van der Waals surface area contributed by atoms with Crippen LogP contribution in [0.2, 0.25) is 5.02 Å². The van der Waals surface area contributed by atoms with Crippen LogP contribution in [-0.2, 0) is 16.1 Å². The van der Waals surface area contributed by atoms with Gasteiger partial charge < -0.3 is 4.74 Å². The van der Waals surface area contributed by atoms with Gasteiger partial charge in [0.25, 0.3) is 0 Å². The third kappa shape index (κ3) is 8.30. The second-order valence-corrected chi connectivity index (χ2v) is 3.85. The van der Waals surface area contributed by atoms with E-state index >= 15 is 0 Å². The quantitative estimate of drug-likeness (QED) is 0.743. The first-order chi connectivity index (χ1) is 7.60. The lowest BCUT2D eigenvalue weighted by molar-refractivity contribution is -0.142. The second-order valence-electron chi connectivity index (χ2n) is 3.41. The van der Waals surface area contributed by atoms with E-state index in [0.29, 0.717) is 5.02 Å². The molecule has 2 nitrogen and oxygen atoms in total. The van der Waals surface area contributed by atoms with Crippen LogP contribution >= 0.6 is 11.6 Å². The molecule has 0 unspecified atom stereocenters. The molecule has 0 saturated heterocycles. The van der Waals surface area contributed by atoms with E-state index in [1.165, 1.54) is 19.8 Å². The first-order valence-electron chi connectivity index (χ1n) is 5.48. The maximum Gasteiger partial charge on any atom is 0.302 e. The molecule has 16 heavy (non-hydrogen) atoms. The van der Waals surface area contributed by atoms with Crippen LogP contribution in [0.1, 0.15) is 39.2 Å². The van der Waals surface area contributed by atoms with Crippen LogP contribution in [0.15, 0.2) is 24.3 Å². The number of halogens is 1. The summed E-state index contributed by atoms with van der Waals surface area (Å²) in [5.74, 6) is -0.282. The molecule has 0 atom stereocenters. The van der Waals surface area contributed by atoms with Gasteiger partial charge in [-0.25, -0.2) is 0 Å². The Labute approximate surface area is 103 Å². The summed E-state index contributed by atoms with van der Waals surface area (Å²) < 4.78 is 4.79. The molecule has 0 bridgehead atoms. The zero-order valence-electron chi connectivity index (χ0n) is 10.1. The number of ether oxygens (including phenoxy) is 1. The third-order valence-electron chi connectivity index (χ3n) is 1.83. The lowest BCUT2D eigenvalue weighted by Gasteiger charge is -2.01. The molecule has 3 heteroatoms. The van der Waals surface area contributed by atoms with E-state index in [1.807, 2.05) is 12.1 Å². The molecule has 1 aromatic rings. The highest BCUT2D eigenvalue weighted by atomic mass is 35.5. The Bertz CT molecular complexity index is 309. The molecule has 1 aromatic carbocycles. The van der Waals surface area contributed by atoms with E-state index in [9.17, 15) is 4.79 Å². The summed E-state index contributed by atoms with van der Waals surface area (Å²) >= 11 is 5.72. The maximum absolute atomic E-state index is 10.4. The maximum atomic E-state index is 10.4. The minimum atomic E-state index is -0.282. The second kappa shape index (κ2) is 9.22. The van der Waals surface area contributed by atoms with Gasteiger partial charge in [-0.15, -0.1) is 0 Å². The molecule has 0 fully saturated rings. The molecule has 1 rings (SSSR count). The molecule has 0 heterocycles. The molecule has 0 N–H and O–H groups in total. The summed E-state index contributed by atoms with van der Waals surface area (Å²) in [7, 11) is 0. The monoisotopic (exact) mass is 242 g/mol. The highest BCUT2D eigenvalue weighted by Crippen LogP contribution is 2.11. The van der Waals surface area contributed by atoms with Crippen molar-refractivity contribution in [2.45, 2.75) is 40.2 Å². The largest absolute Gasteiger partial charge is 0.461 e. The first-order valence-corrected chi connectivity index (χ1v) is 5.85. The predicted molar refractivity (Wildman–Crippen MR) is 67.5 cm³/mol. The number of unbranched alkanes of at least 4 members (excludes halogenated alkanes) is 1. The van der Waals surface area contributed by atoms with Crippen molar-refractivity contribution in [1.82, 2.24) is 0 Å². The van der Waals surface area contributed by atoms with Crippen LogP contribution < -0.4 is 0 Å². The van der Waals surface area contributed by atoms with Gasteiger partial charge in [-0.05, 0) is 17.7 Å². The number of hydrogen-bond acceptors (Lipinski definition) is 2. The topological polar surface area (TPSA) is 26.3 Å². The molecular weight excluding hydrogens is 224 g/mol. The molecule has 0 radical (unpaired) electrons. The Hall–Kier alpha value is -1.02. The normalized spacial score (nSPS) is 9.00. The van der Waals surface area contributed by atoms with E-state index in [0.717, 1.165) is 5.56 Å². The average Bonchev–Trinajstić information content (AvgIpc) is 2.27. The first kappa shape index (κ1) is 15.0. The average molecular weight is 243 g/mol. The fourth-order valence-electron chi connectivity index (χ4n) is 0.812. The van der Waals surface area contributed by atoms with E-state index in [2.05, 4.69) is 13.8 Å². The summed E-state index contributed by atoms with van der Waals surface area (Å²) in [5, 5.41) is 0.652. The molecule has 0 aliphatic carbocycles. The Balaban J connectivity index is 0.000000487. The Morgan fingerprint density at radius 1 is 1.31 bits per heavy atom. The molecule has 0 aromatic heterocycles. The summed E-state index contributed by atoms with van der Waals surface area (Å²) in [6.45, 7) is 6.03. The Kier molecular flexibility index (Phi) is 8.64. The lowest BCUT2D eigenvalue weighted by atomic mass is 10.2. The van der Waals surface area contributed by atoms with Crippen molar-refractivity contribution in [2.24, 2.45) is 0 Å². The zero-order chi connectivity index (χ0) is 12.4. The van der Waals surface area contributed by atoms with Crippen molar-refractivity contribution < 1.29 is 9.53 Å². The van der Waals surface area contributed by atoms with Gasteiger partial charge in [0.05, 0.1) is 0 Å². The van der Waals surface area contributed by atoms with Gasteiger partial charge in [-0.2, -0.15) is 0 Å². The number of carbonyl (C=O) groups excluding carboxylic acids is 1. The van der Waals surface area contributed by atoms with Crippen LogP contribution in [0.4, 0.5) is 0 Å². The van der Waals surface area contributed by atoms with Crippen molar-refractivity contribution in [3.8, 4) is 0 Å². The van der Waals surface area contributed by atoms with Crippen LogP contribution in [0.25, 0.3) is 0 Å². The third-order valence-corrected chi connectivity index (χ3v) is 2.07. The molecule has 0 saturated carbocycles. The minimum absolute atomic E-state index is 0.282. The lowest BCUT2D eigenvalue weighted by Crippen LogP contribution is -1.98. The van der Waals surface area contributed by atoms with E-state index in [-0.39, 0.29) is 12.6 Å². The summed E-state index contributed by atoms with van der Waals surface area (Å²) in [6, 6.07) is 7.22. The van der Waals surface area contributed by atoms with Crippen molar-refractivity contribution >= 4 is 17.6 Å². The van der Waals surface area contributed by atoms with Gasteiger partial charge in [0, 0.05) is 11.9 Å². The van der Waals surface area contributed by atoms with E-state index in [1.54, 1.807) is 12.1 Å². The van der Waals surface area contributed by atoms with Gasteiger partial charge in [0.15, 0.2) is 0 Å². The summed E-state index contributed by atoms with van der Waals surface area (Å²) in [4.78, 5) is 10.4. The van der Waals surface area contributed by atoms with Crippen molar-refractivity contribution in [1.29, 1.82) is 0 Å². The number of carbonyl (C=O) groups is 1. The molecular formula is C13H19ClO2. The van der Waals surface area contributed by atoms with Gasteiger partial charge in [0.1, 0.15) is 6.61 Å². The molecule has 0 aliphatic heterocycles. The summed E-state index contributed by atoms with van der Waals surface area (Å²) in [6.07, 6.45) is 2.64. The molecule has 0 spiro atoms. The number of rotatable bonds is 3. The van der Waals surface area contributed by atoms with Crippen molar-refractivity contribution in [3.05, 3.63) is 34.9 Å². The van der Waals surface area contributed by atoms with Crippen LogP contribution in [0.3, 0.4) is 0 Å². The van der Waals surface area contributed by atoms with Gasteiger partial charge in [-0.3, -0.25) is 4.79 Å². The molecule has 0 aliphatic rings. The SMILES string of the molecule is CC(=O)OCc1cccc(Cl)c1.CCCC. The number of benzene rings is 1. The summed E-state index contributed by atoms with van der Waals surface area (Å²) in [5.41, 5.74) is 0.901. The highest BCUT2D eigenvalue weighted by molar-refractivity contribution is 6.30. The smallest absolute Gasteiger partial charge is 0.302 e. The highest BCUT2D eigenvalue weighted by Gasteiger charge is 1.96. The van der Waals surface area contributed by atoms with Crippen LogP contribution in [0.5, 0.6) is 0 Å². The standard InChI is InChI=1S/C9H9ClO2.C4H10/c1-7(11)12-6-8-3-2-4-9(10)5-8;1-3-4-2/h2-5H,6H2,1H3;3-4H2,1-2H3. The van der Waals surface area contributed by atoms with E-state index in [4.69, 9.17) is 16.3 Å². The minimum Gasteiger partial charge on any atom is -0.461 e. The van der Waals surface area contributed by atoms with Crippen LogP contribution in [0, 0.1) is 0 Å². The van der Waals surface area contributed by atoms with Gasteiger partial charge in [0.2, 0.25) is 0 Å². The van der Waals surface area contributed by atoms with Crippen molar-refractivity contribution in [2.75, 3.05) is 0 Å². The fourth-order valence-corrected chi connectivity index (χ4v) is 1.02. The van der Waals surface area contributed by atoms with E-state index < -0.39 is 0 Å². The Morgan fingerprint density at radius 3 is 2.38 bits per heavy atom. The van der Waals surface area contributed by atoms with Crippen LogP contribution in [-0.4, -0.2) is 5.97 Å². The zero-order valence-corrected chi connectivity index (χ0v) is 10.9. The molecule has 0 amide bonds. The molecule has 90 valence electrons. The van der Waals surface area contributed by atoms with Crippen molar-refractivity contribution in [3.63, 3.8) is 0 Å². The van der Waals surface area contributed by atoms with Gasteiger partial charge >= 0.3 is 5.97 Å². The fraction of sp³-hybridized carbons (Fsp3) is 0.462. The number of hydrogen-bond donors (Lipinski definition) is 0. The Morgan fingerprint density at radius 2 is 1.94 bits per heavy atom. The number of esters is 1. The predicted octanol–water partition coefficient (Wildman–Crippen LogP) is 4.21. The van der Waals surface area contributed by atoms with Gasteiger partial charge in [-0.1, -0.05) is 50.4 Å².